The molecule has 184 valence electrons. The molecule has 1 saturated carbocycles. The molecule has 1 atom stereocenters. The number of ether oxygens (including phenoxy) is 3. The van der Waals surface area contributed by atoms with Crippen LogP contribution in [0.2, 0.25) is 0 Å². The topological polar surface area (TPSA) is 73.9 Å². The van der Waals surface area contributed by atoms with Crippen molar-refractivity contribution in [3.05, 3.63) is 44.7 Å². The van der Waals surface area contributed by atoms with E-state index in [1.165, 1.54) is 6.42 Å². The van der Waals surface area contributed by atoms with Gasteiger partial charge < -0.3 is 19.5 Å². The average molecular weight is 532 g/mol. The monoisotopic (exact) mass is 531 g/mol. The number of carbonyl (C=O) groups excluding carboxylic acids is 2. The van der Waals surface area contributed by atoms with E-state index in [4.69, 9.17) is 14.2 Å². The Balaban J connectivity index is 1.86. The van der Waals surface area contributed by atoms with Crippen molar-refractivity contribution in [2.24, 2.45) is 5.41 Å². The molecular formula is C27H34BrNO5. The van der Waals surface area contributed by atoms with Crippen LogP contribution in [0, 0.1) is 5.41 Å². The third-order valence-corrected chi connectivity index (χ3v) is 7.72. The highest BCUT2D eigenvalue weighted by atomic mass is 79.9. The smallest absolute Gasteiger partial charge is 0.337 e. The summed E-state index contributed by atoms with van der Waals surface area (Å²) in [7, 11) is 3.19. The highest BCUT2D eigenvalue weighted by molar-refractivity contribution is 9.10. The van der Waals surface area contributed by atoms with Gasteiger partial charge in [-0.1, -0.05) is 20.3 Å². The van der Waals surface area contributed by atoms with Crippen molar-refractivity contribution in [2.45, 2.75) is 77.7 Å². The first-order valence-corrected chi connectivity index (χ1v) is 12.8. The highest BCUT2D eigenvalue weighted by Crippen LogP contribution is 2.50. The molecule has 1 fully saturated rings. The molecule has 0 unspecified atom stereocenters. The number of rotatable bonds is 5. The molecule has 1 heterocycles. The van der Waals surface area contributed by atoms with Crippen LogP contribution in [0.4, 0.5) is 0 Å². The van der Waals surface area contributed by atoms with Gasteiger partial charge in [-0.3, -0.25) is 4.79 Å². The Bertz CT molecular complexity index is 1070. The zero-order chi connectivity index (χ0) is 24.6. The van der Waals surface area contributed by atoms with Gasteiger partial charge in [0.2, 0.25) is 0 Å². The number of hydrogen-bond donors (Lipinski definition) is 1. The fourth-order valence-corrected chi connectivity index (χ4v) is 6.01. The zero-order valence-electron chi connectivity index (χ0n) is 20.7. The Morgan fingerprint density at radius 1 is 1.06 bits per heavy atom. The Morgan fingerprint density at radius 3 is 2.38 bits per heavy atom. The molecule has 1 aromatic rings. The van der Waals surface area contributed by atoms with Crippen LogP contribution in [-0.4, -0.2) is 32.1 Å². The molecule has 0 radical (unpaired) electrons. The van der Waals surface area contributed by atoms with Crippen LogP contribution >= 0.6 is 15.9 Å². The van der Waals surface area contributed by atoms with E-state index in [1.54, 1.807) is 14.2 Å². The summed E-state index contributed by atoms with van der Waals surface area (Å²) < 4.78 is 18.0. The summed E-state index contributed by atoms with van der Waals surface area (Å²) in [5, 5.41) is 3.41. The minimum absolute atomic E-state index is 0.0446. The van der Waals surface area contributed by atoms with Gasteiger partial charge in [-0.05, 0) is 72.5 Å². The maximum Gasteiger partial charge on any atom is 0.337 e. The Kier molecular flexibility index (Phi) is 7.13. The number of benzene rings is 1. The lowest BCUT2D eigenvalue weighted by atomic mass is 9.68. The molecule has 7 heteroatoms. The van der Waals surface area contributed by atoms with E-state index in [1.807, 2.05) is 19.1 Å². The van der Waals surface area contributed by atoms with Crippen LogP contribution in [0.15, 0.2) is 39.1 Å². The number of dihydropyridines is 1. The van der Waals surface area contributed by atoms with Crippen LogP contribution in [0.3, 0.4) is 0 Å². The van der Waals surface area contributed by atoms with E-state index >= 15 is 0 Å². The molecule has 4 rings (SSSR count). The summed E-state index contributed by atoms with van der Waals surface area (Å²) in [5.41, 5.74) is 3.26. The predicted molar refractivity (Wildman–Crippen MR) is 134 cm³/mol. The molecule has 0 bridgehead atoms. The van der Waals surface area contributed by atoms with Gasteiger partial charge in [0.15, 0.2) is 5.78 Å². The average Bonchev–Trinajstić information content (AvgIpc) is 2.77. The number of esters is 1. The van der Waals surface area contributed by atoms with Crippen LogP contribution in [0.25, 0.3) is 0 Å². The first-order valence-electron chi connectivity index (χ1n) is 12.0. The second-order valence-electron chi connectivity index (χ2n) is 10.3. The number of hydrogen-bond acceptors (Lipinski definition) is 6. The van der Waals surface area contributed by atoms with E-state index in [9.17, 15) is 9.59 Å². The normalized spacial score (nSPS) is 22.8. The Labute approximate surface area is 210 Å². The van der Waals surface area contributed by atoms with Gasteiger partial charge in [0.1, 0.15) is 17.6 Å². The van der Waals surface area contributed by atoms with Crippen LogP contribution in [0.5, 0.6) is 11.5 Å². The largest absolute Gasteiger partial charge is 0.496 e. The van der Waals surface area contributed by atoms with Crippen LogP contribution in [-0.2, 0) is 14.3 Å². The lowest BCUT2D eigenvalue weighted by molar-refractivity contribution is -0.146. The van der Waals surface area contributed by atoms with E-state index < -0.39 is 5.92 Å². The summed E-state index contributed by atoms with van der Waals surface area (Å²) in [6.45, 7) is 6.09. The Morgan fingerprint density at radius 2 is 1.74 bits per heavy atom. The van der Waals surface area contributed by atoms with E-state index in [0.717, 1.165) is 53.5 Å². The van der Waals surface area contributed by atoms with Crippen molar-refractivity contribution in [1.29, 1.82) is 0 Å². The van der Waals surface area contributed by atoms with Gasteiger partial charge >= 0.3 is 5.97 Å². The van der Waals surface area contributed by atoms with Crippen molar-refractivity contribution >= 4 is 27.7 Å². The van der Waals surface area contributed by atoms with E-state index in [0.29, 0.717) is 29.1 Å². The second-order valence-corrected chi connectivity index (χ2v) is 11.2. The van der Waals surface area contributed by atoms with Gasteiger partial charge in [0.25, 0.3) is 0 Å². The molecule has 0 amide bonds. The number of carbonyl (C=O) groups is 2. The minimum Gasteiger partial charge on any atom is -0.496 e. The first kappa shape index (κ1) is 24.8. The van der Waals surface area contributed by atoms with Crippen molar-refractivity contribution in [3.8, 4) is 11.5 Å². The number of nitrogens with one attached hydrogen (secondary N) is 1. The molecule has 0 spiro atoms. The number of allylic oxidation sites excluding steroid dienone is 3. The zero-order valence-corrected chi connectivity index (χ0v) is 22.3. The summed E-state index contributed by atoms with van der Waals surface area (Å²) in [6.07, 6.45) is 6.14. The predicted octanol–water partition coefficient (Wildman–Crippen LogP) is 5.95. The molecule has 3 aliphatic rings. The summed E-state index contributed by atoms with van der Waals surface area (Å²) in [5.74, 6) is 0.281. The van der Waals surface area contributed by atoms with Crippen LogP contribution in [0.1, 0.15) is 77.2 Å². The SMILES string of the molecule is COc1cc([C@@H]2C(C(=O)OC3CCCCC3)=C(C)NC3=C2C(=O)CC(C)(C)C3)c(OC)cc1Br. The maximum atomic E-state index is 13.7. The van der Waals surface area contributed by atoms with Crippen molar-refractivity contribution in [1.82, 2.24) is 5.32 Å². The van der Waals surface area contributed by atoms with Gasteiger partial charge in [0.05, 0.1) is 30.2 Å². The van der Waals surface area contributed by atoms with Crippen LogP contribution < -0.4 is 14.8 Å². The number of halogens is 1. The van der Waals surface area contributed by atoms with Gasteiger partial charge in [-0.25, -0.2) is 4.79 Å². The van der Waals surface area contributed by atoms with E-state index in [2.05, 4.69) is 35.1 Å². The molecular weight excluding hydrogens is 498 g/mol. The number of Topliss-reactive ketones (excluding diaryl/α,β-unsaturated/α-hetero) is 1. The fraction of sp³-hybridized carbons (Fsp3) is 0.556. The van der Waals surface area contributed by atoms with Crippen molar-refractivity contribution in [3.63, 3.8) is 0 Å². The quantitative estimate of drug-likeness (QED) is 0.473. The third-order valence-electron chi connectivity index (χ3n) is 7.10. The first-order chi connectivity index (χ1) is 16.1. The van der Waals surface area contributed by atoms with Crippen molar-refractivity contribution < 1.29 is 23.8 Å². The standard InChI is InChI=1S/C27H34BrNO5/c1-15-23(26(31)34-16-9-7-6-8-10-16)24(17-11-22(33-5)18(28)12-21(17)32-4)25-19(29-15)13-27(2,3)14-20(25)30/h11-12,16,24,29H,6-10,13-14H2,1-5H3/t24-/m1/s1. The molecule has 1 aromatic carbocycles. The van der Waals surface area contributed by atoms with Gasteiger partial charge in [-0.2, -0.15) is 0 Å². The van der Waals surface area contributed by atoms with Gasteiger partial charge in [0, 0.05) is 29.0 Å². The number of methoxy groups -OCH3 is 2. The molecule has 1 aliphatic heterocycles. The van der Waals surface area contributed by atoms with Crippen molar-refractivity contribution in [2.75, 3.05) is 14.2 Å². The molecule has 34 heavy (non-hydrogen) atoms. The Hall–Kier alpha value is -2.28. The summed E-state index contributed by atoms with van der Waals surface area (Å²) >= 11 is 3.52. The third kappa shape index (κ3) is 4.77. The van der Waals surface area contributed by atoms with E-state index in [-0.39, 0.29) is 23.3 Å². The summed E-state index contributed by atoms with van der Waals surface area (Å²) in [6, 6.07) is 3.69. The highest BCUT2D eigenvalue weighted by Gasteiger charge is 2.44. The summed E-state index contributed by atoms with van der Waals surface area (Å²) in [4.78, 5) is 27.2. The lowest BCUT2D eigenvalue weighted by Crippen LogP contribution is -2.39. The number of ketones is 1. The fourth-order valence-electron chi connectivity index (χ4n) is 5.53. The molecule has 6 nitrogen and oxygen atoms in total. The lowest BCUT2D eigenvalue weighted by Gasteiger charge is -2.40. The molecule has 0 aromatic heterocycles. The molecule has 1 N–H and O–H groups in total. The maximum absolute atomic E-state index is 13.7. The minimum atomic E-state index is -0.590. The molecule has 0 saturated heterocycles. The second kappa shape index (κ2) is 9.76. The molecule has 2 aliphatic carbocycles. The van der Waals surface area contributed by atoms with Gasteiger partial charge in [-0.15, -0.1) is 0 Å².